The Morgan fingerprint density at radius 2 is 2.10 bits per heavy atom. The topological polar surface area (TPSA) is 52.3 Å². The maximum Gasteiger partial charge on any atom is 0.320 e. The second-order valence-electron chi connectivity index (χ2n) is 2.79. The molecule has 0 unspecified atom stereocenters. The molecule has 0 saturated carbocycles. The highest BCUT2D eigenvalue weighted by Gasteiger charge is 2.18. The van der Waals surface area contributed by atoms with Crippen molar-refractivity contribution in [1.82, 2.24) is 0 Å². The van der Waals surface area contributed by atoms with Crippen LogP contribution in [0.25, 0.3) is 0 Å². The predicted molar refractivity (Wildman–Crippen MR) is 39.5 cm³/mol. The summed E-state index contributed by atoms with van der Waals surface area (Å²) in [6.45, 7) is 5.65. The molecule has 0 aromatic rings. The van der Waals surface area contributed by atoms with Crippen molar-refractivity contribution in [2.24, 2.45) is 5.73 Å². The first kappa shape index (κ1) is 9.43. The number of nitrogens with two attached hydrogens (primary N) is 1. The molecule has 0 spiro atoms. The van der Waals surface area contributed by atoms with Crippen LogP contribution in [0.4, 0.5) is 0 Å². The van der Waals surface area contributed by atoms with Gasteiger partial charge in [-0.15, -0.1) is 0 Å². The Balaban J connectivity index is 3.76. The summed E-state index contributed by atoms with van der Waals surface area (Å²) in [5.41, 5.74) is 4.69. The van der Waals surface area contributed by atoms with Gasteiger partial charge in [-0.2, -0.15) is 0 Å². The van der Waals surface area contributed by atoms with Crippen molar-refractivity contribution < 1.29 is 9.53 Å². The molecule has 0 bridgehead atoms. The lowest BCUT2D eigenvalue weighted by Crippen LogP contribution is -2.30. The number of rotatable bonds is 3. The molecule has 10 heavy (non-hydrogen) atoms. The van der Waals surface area contributed by atoms with E-state index in [1.807, 2.05) is 20.8 Å². The van der Waals surface area contributed by atoms with Crippen LogP contribution in [0.3, 0.4) is 0 Å². The highest BCUT2D eigenvalue weighted by Crippen LogP contribution is 2.12. The molecule has 0 aromatic carbocycles. The van der Waals surface area contributed by atoms with Gasteiger partial charge in [0.25, 0.3) is 0 Å². The van der Waals surface area contributed by atoms with E-state index in [0.29, 0.717) is 0 Å². The first-order chi connectivity index (χ1) is 4.52. The van der Waals surface area contributed by atoms with Crippen molar-refractivity contribution in [3.63, 3.8) is 0 Å². The van der Waals surface area contributed by atoms with Crippen molar-refractivity contribution in [2.45, 2.75) is 32.8 Å². The number of hydrogen-bond acceptors (Lipinski definition) is 3. The molecule has 0 aliphatic rings. The number of esters is 1. The Morgan fingerprint density at radius 1 is 1.60 bits per heavy atom. The molecular weight excluding hydrogens is 130 g/mol. The summed E-state index contributed by atoms with van der Waals surface area (Å²) < 4.78 is 4.97. The summed E-state index contributed by atoms with van der Waals surface area (Å²) in [6, 6.07) is 0. The van der Waals surface area contributed by atoms with Gasteiger partial charge in [0.15, 0.2) is 0 Å². The van der Waals surface area contributed by atoms with Gasteiger partial charge < -0.3 is 10.5 Å². The van der Waals surface area contributed by atoms with Crippen molar-refractivity contribution in [3.8, 4) is 0 Å². The summed E-state index contributed by atoms with van der Waals surface area (Å²) in [6.07, 6.45) is 0.804. The minimum absolute atomic E-state index is 0.0383. The van der Waals surface area contributed by atoms with Gasteiger partial charge in [0.05, 0.1) is 6.54 Å². The smallest absolute Gasteiger partial charge is 0.320 e. The Kier molecular flexibility index (Phi) is 3.36. The standard InChI is InChI=1S/C7H15NO2/c1-4-7(2,3)10-6(9)5-8/h4-5,8H2,1-3H3. The molecule has 0 aliphatic carbocycles. The maximum atomic E-state index is 10.6. The van der Waals surface area contributed by atoms with Gasteiger partial charge in [0.1, 0.15) is 5.60 Å². The molecule has 0 saturated heterocycles. The summed E-state index contributed by atoms with van der Waals surface area (Å²) >= 11 is 0. The maximum absolute atomic E-state index is 10.6. The van der Waals surface area contributed by atoms with Crippen LogP contribution < -0.4 is 5.73 Å². The van der Waals surface area contributed by atoms with Crippen LogP contribution in [-0.4, -0.2) is 18.1 Å². The minimum atomic E-state index is -0.365. The number of ether oxygens (including phenoxy) is 1. The Morgan fingerprint density at radius 3 is 2.40 bits per heavy atom. The van der Waals surface area contributed by atoms with Crippen LogP contribution in [-0.2, 0) is 9.53 Å². The van der Waals surface area contributed by atoms with Gasteiger partial charge in [0, 0.05) is 0 Å². The van der Waals surface area contributed by atoms with E-state index in [-0.39, 0.29) is 18.1 Å². The summed E-state index contributed by atoms with van der Waals surface area (Å²) in [5, 5.41) is 0. The zero-order valence-electron chi connectivity index (χ0n) is 6.81. The number of carbonyl (C=O) groups is 1. The first-order valence-electron chi connectivity index (χ1n) is 3.43. The highest BCUT2D eigenvalue weighted by atomic mass is 16.6. The number of hydrogen-bond donors (Lipinski definition) is 1. The minimum Gasteiger partial charge on any atom is -0.459 e. The first-order valence-corrected chi connectivity index (χ1v) is 3.43. The third-order valence-electron chi connectivity index (χ3n) is 1.41. The average Bonchev–Trinajstić information content (AvgIpc) is 1.87. The number of carbonyl (C=O) groups excluding carboxylic acids is 1. The Bertz CT molecular complexity index is 121. The molecule has 0 aliphatic heterocycles. The van der Waals surface area contributed by atoms with Crippen molar-refractivity contribution in [3.05, 3.63) is 0 Å². The van der Waals surface area contributed by atoms with E-state index in [1.165, 1.54) is 0 Å². The van der Waals surface area contributed by atoms with Crippen LogP contribution in [0.1, 0.15) is 27.2 Å². The Labute approximate surface area is 61.5 Å². The highest BCUT2D eigenvalue weighted by molar-refractivity contribution is 5.71. The van der Waals surface area contributed by atoms with Crippen molar-refractivity contribution >= 4 is 5.97 Å². The van der Waals surface area contributed by atoms with Crippen LogP contribution in [0, 0.1) is 0 Å². The second kappa shape index (κ2) is 3.56. The molecule has 0 fully saturated rings. The zero-order valence-corrected chi connectivity index (χ0v) is 6.81. The molecule has 0 atom stereocenters. The summed E-state index contributed by atoms with van der Waals surface area (Å²) in [7, 11) is 0. The quantitative estimate of drug-likeness (QED) is 0.594. The molecular formula is C7H15NO2. The Hall–Kier alpha value is -0.570. The molecule has 0 aromatic heterocycles. The fourth-order valence-electron chi connectivity index (χ4n) is 0.422. The summed E-state index contributed by atoms with van der Waals surface area (Å²) in [5.74, 6) is -0.341. The van der Waals surface area contributed by atoms with Gasteiger partial charge in [-0.05, 0) is 20.3 Å². The van der Waals surface area contributed by atoms with Gasteiger partial charge in [-0.25, -0.2) is 0 Å². The fraction of sp³-hybridized carbons (Fsp3) is 0.857. The summed E-state index contributed by atoms with van der Waals surface area (Å²) in [4.78, 5) is 10.6. The van der Waals surface area contributed by atoms with Crippen molar-refractivity contribution in [1.29, 1.82) is 0 Å². The lowest BCUT2D eigenvalue weighted by Gasteiger charge is -2.22. The molecule has 0 rings (SSSR count). The third kappa shape index (κ3) is 3.45. The van der Waals surface area contributed by atoms with Crippen LogP contribution >= 0.6 is 0 Å². The normalized spacial score (nSPS) is 11.2. The fourth-order valence-corrected chi connectivity index (χ4v) is 0.422. The van der Waals surface area contributed by atoms with Crippen molar-refractivity contribution in [2.75, 3.05) is 6.54 Å². The van der Waals surface area contributed by atoms with Crippen LogP contribution in [0.2, 0.25) is 0 Å². The lowest BCUT2D eigenvalue weighted by atomic mass is 10.1. The van der Waals surface area contributed by atoms with Gasteiger partial charge in [0.2, 0.25) is 0 Å². The van der Waals surface area contributed by atoms with Crippen LogP contribution in [0.15, 0.2) is 0 Å². The molecule has 0 radical (unpaired) electrons. The van der Waals surface area contributed by atoms with E-state index in [1.54, 1.807) is 0 Å². The van der Waals surface area contributed by atoms with E-state index in [9.17, 15) is 4.79 Å². The molecule has 2 N–H and O–H groups in total. The van der Waals surface area contributed by atoms with Gasteiger partial charge in [-0.3, -0.25) is 4.79 Å². The molecule has 0 heterocycles. The third-order valence-corrected chi connectivity index (χ3v) is 1.41. The van der Waals surface area contributed by atoms with E-state index in [4.69, 9.17) is 10.5 Å². The van der Waals surface area contributed by atoms with E-state index >= 15 is 0 Å². The largest absolute Gasteiger partial charge is 0.459 e. The predicted octanol–water partition coefficient (Wildman–Crippen LogP) is 0.677. The molecule has 0 amide bonds. The van der Waals surface area contributed by atoms with E-state index in [2.05, 4.69) is 0 Å². The lowest BCUT2D eigenvalue weighted by molar-refractivity contribution is -0.154. The van der Waals surface area contributed by atoms with Gasteiger partial charge >= 0.3 is 5.97 Å². The van der Waals surface area contributed by atoms with E-state index < -0.39 is 0 Å². The van der Waals surface area contributed by atoms with Gasteiger partial charge in [-0.1, -0.05) is 6.92 Å². The second-order valence-corrected chi connectivity index (χ2v) is 2.79. The average molecular weight is 145 g/mol. The molecule has 60 valence electrons. The van der Waals surface area contributed by atoms with E-state index in [0.717, 1.165) is 6.42 Å². The molecule has 3 nitrogen and oxygen atoms in total. The SMILES string of the molecule is CCC(C)(C)OC(=O)CN. The van der Waals surface area contributed by atoms with Crippen LogP contribution in [0.5, 0.6) is 0 Å². The monoisotopic (exact) mass is 145 g/mol. The zero-order chi connectivity index (χ0) is 8.20. The molecule has 3 heteroatoms.